The number of sulfonamides is 1. The van der Waals surface area contributed by atoms with Crippen LogP contribution in [0.15, 0.2) is 24.3 Å². The summed E-state index contributed by atoms with van der Waals surface area (Å²) in [6, 6.07) is 6.83. The average Bonchev–Trinajstić information content (AvgIpc) is 3.00. The third-order valence-corrected chi connectivity index (χ3v) is 6.91. The van der Waals surface area contributed by atoms with Crippen LogP contribution >= 0.6 is 0 Å². The number of anilines is 1. The molecule has 7 nitrogen and oxygen atoms in total. The van der Waals surface area contributed by atoms with Crippen LogP contribution < -0.4 is 9.62 Å². The molecule has 1 aromatic carbocycles. The fraction of sp³-hybridized carbons (Fsp3) is 0.611. The van der Waals surface area contributed by atoms with Crippen LogP contribution in [0.4, 0.5) is 5.69 Å². The Morgan fingerprint density at radius 1 is 1.23 bits per heavy atom. The van der Waals surface area contributed by atoms with Gasteiger partial charge in [0.05, 0.1) is 24.7 Å². The summed E-state index contributed by atoms with van der Waals surface area (Å²) in [5, 5.41) is 2.99. The number of carbonyl (C=O) groups excluding carboxylic acids is 1. The fourth-order valence-electron chi connectivity index (χ4n) is 3.41. The quantitative estimate of drug-likeness (QED) is 0.825. The normalized spacial score (nSPS) is 20.9. The highest BCUT2D eigenvalue weighted by atomic mass is 32.2. The van der Waals surface area contributed by atoms with Gasteiger partial charge in [0.2, 0.25) is 10.0 Å². The lowest BCUT2D eigenvalue weighted by Gasteiger charge is -2.40. The number of amides is 1. The summed E-state index contributed by atoms with van der Waals surface area (Å²) in [6.07, 6.45) is 0.618. The van der Waals surface area contributed by atoms with E-state index in [1.165, 1.54) is 4.31 Å². The van der Waals surface area contributed by atoms with E-state index >= 15 is 0 Å². The molecule has 26 heavy (non-hydrogen) atoms. The first kappa shape index (κ1) is 19.1. The number of ether oxygens (including phenoxy) is 1. The summed E-state index contributed by atoms with van der Waals surface area (Å²) in [6.45, 7) is 8.32. The number of morpholine rings is 1. The van der Waals surface area contributed by atoms with Crippen LogP contribution in [0.2, 0.25) is 0 Å². The second-order valence-electron chi connectivity index (χ2n) is 7.39. The maximum atomic E-state index is 12.6. The van der Waals surface area contributed by atoms with Crippen molar-refractivity contribution in [1.29, 1.82) is 0 Å². The molecule has 1 N–H and O–H groups in total. The molecule has 2 fully saturated rings. The van der Waals surface area contributed by atoms with Gasteiger partial charge in [0.1, 0.15) is 0 Å². The van der Waals surface area contributed by atoms with Gasteiger partial charge in [-0.05, 0) is 38.5 Å². The summed E-state index contributed by atoms with van der Waals surface area (Å²) >= 11 is 0. The maximum absolute atomic E-state index is 12.6. The Morgan fingerprint density at radius 3 is 2.62 bits per heavy atom. The summed E-state index contributed by atoms with van der Waals surface area (Å²) in [5.74, 6) is -0.0262. The lowest BCUT2D eigenvalue weighted by atomic mass is 10.0. The Morgan fingerprint density at radius 2 is 1.96 bits per heavy atom. The van der Waals surface area contributed by atoms with Gasteiger partial charge in [0.15, 0.2) is 0 Å². The molecule has 2 aliphatic heterocycles. The van der Waals surface area contributed by atoms with Gasteiger partial charge in [-0.25, -0.2) is 8.42 Å². The van der Waals surface area contributed by atoms with Crippen LogP contribution in [0.3, 0.4) is 0 Å². The van der Waals surface area contributed by atoms with E-state index in [0.29, 0.717) is 44.0 Å². The van der Waals surface area contributed by atoms with Crippen molar-refractivity contribution in [3.63, 3.8) is 0 Å². The highest BCUT2D eigenvalue weighted by Gasteiger charge is 2.30. The zero-order chi connectivity index (χ0) is 18.8. The Bertz CT molecular complexity index is 757. The first-order valence-electron chi connectivity index (χ1n) is 9.01. The van der Waals surface area contributed by atoms with E-state index in [4.69, 9.17) is 4.74 Å². The molecule has 0 spiro atoms. The van der Waals surface area contributed by atoms with Crippen LogP contribution in [-0.2, 0) is 14.8 Å². The molecule has 144 valence electrons. The van der Waals surface area contributed by atoms with Crippen molar-refractivity contribution in [2.24, 2.45) is 0 Å². The van der Waals surface area contributed by atoms with Gasteiger partial charge >= 0.3 is 0 Å². The number of nitrogens with one attached hydrogen (secondary N) is 1. The number of carbonyl (C=O) groups is 1. The average molecular weight is 381 g/mol. The molecular weight excluding hydrogens is 354 g/mol. The topological polar surface area (TPSA) is 79.0 Å². The molecule has 3 rings (SSSR count). The van der Waals surface area contributed by atoms with E-state index in [9.17, 15) is 13.2 Å². The second-order valence-corrected chi connectivity index (χ2v) is 9.40. The van der Waals surface area contributed by atoms with Crippen molar-refractivity contribution >= 4 is 21.6 Å². The van der Waals surface area contributed by atoms with E-state index in [-0.39, 0.29) is 17.2 Å². The number of hydrogen-bond acceptors (Lipinski definition) is 5. The number of rotatable bonds is 5. The minimum Gasteiger partial charge on any atom is -0.379 e. The molecule has 2 aliphatic rings. The van der Waals surface area contributed by atoms with Crippen LogP contribution in [0.25, 0.3) is 0 Å². The Labute approximate surface area is 155 Å². The highest BCUT2D eigenvalue weighted by molar-refractivity contribution is 7.93. The smallest absolute Gasteiger partial charge is 0.251 e. The van der Waals surface area contributed by atoms with Crippen molar-refractivity contribution < 1.29 is 17.9 Å². The first-order valence-corrected chi connectivity index (χ1v) is 10.6. The third-order valence-electron chi connectivity index (χ3n) is 5.04. The van der Waals surface area contributed by atoms with Crippen LogP contribution in [0, 0.1) is 0 Å². The van der Waals surface area contributed by atoms with E-state index < -0.39 is 10.0 Å². The number of benzene rings is 1. The molecular formula is C18H27N3O4S. The van der Waals surface area contributed by atoms with Gasteiger partial charge in [-0.2, -0.15) is 0 Å². The highest BCUT2D eigenvalue weighted by Crippen LogP contribution is 2.25. The second kappa shape index (κ2) is 7.54. The molecule has 0 radical (unpaired) electrons. The van der Waals surface area contributed by atoms with E-state index in [2.05, 4.69) is 24.1 Å². The van der Waals surface area contributed by atoms with Crippen LogP contribution in [0.5, 0.6) is 0 Å². The van der Waals surface area contributed by atoms with Gasteiger partial charge < -0.3 is 10.1 Å². The zero-order valence-corrected chi connectivity index (χ0v) is 16.2. The Balaban J connectivity index is 1.66. The molecule has 0 aromatic heterocycles. The van der Waals surface area contributed by atoms with Gasteiger partial charge in [-0.1, -0.05) is 6.07 Å². The predicted molar refractivity (Wildman–Crippen MR) is 101 cm³/mol. The zero-order valence-electron chi connectivity index (χ0n) is 15.4. The standard InChI is InChI=1S/C18H27N3O4S/c1-18(2,20-8-10-25-11-9-20)14-19-17(22)15-5-3-6-16(13-15)21-7-4-12-26(21,23)24/h3,5-6,13H,4,7-12,14H2,1-2H3,(H,19,22). The lowest BCUT2D eigenvalue weighted by Crippen LogP contribution is -2.55. The molecule has 0 aliphatic carbocycles. The van der Waals surface area contributed by atoms with Crippen molar-refractivity contribution in [2.45, 2.75) is 25.8 Å². The van der Waals surface area contributed by atoms with E-state index in [1.807, 2.05) is 0 Å². The minimum atomic E-state index is -3.25. The van der Waals surface area contributed by atoms with Crippen molar-refractivity contribution in [3.8, 4) is 0 Å². The maximum Gasteiger partial charge on any atom is 0.251 e. The molecule has 0 saturated carbocycles. The molecule has 8 heteroatoms. The van der Waals surface area contributed by atoms with Crippen LogP contribution in [-0.4, -0.2) is 69.9 Å². The molecule has 1 aromatic rings. The van der Waals surface area contributed by atoms with E-state index in [0.717, 1.165) is 13.1 Å². The fourth-order valence-corrected chi connectivity index (χ4v) is 4.97. The van der Waals surface area contributed by atoms with Crippen molar-refractivity contribution in [2.75, 3.05) is 49.5 Å². The van der Waals surface area contributed by atoms with Crippen molar-refractivity contribution in [3.05, 3.63) is 29.8 Å². The first-order chi connectivity index (χ1) is 12.3. The predicted octanol–water partition coefficient (Wildman–Crippen LogP) is 1.07. The number of nitrogens with zero attached hydrogens (tertiary/aromatic N) is 2. The van der Waals surface area contributed by atoms with Gasteiger partial charge in [0, 0.05) is 37.3 Å². The summed E-state index contributed by atoms with van der Waals surface area (Å²) < 4.78 is 30.9. The molecule has 0 atom stereocenters. The van der Waals surface area contributed by atoms with Gasteiger partial charge in [-0.15, -0.1) is 0 Å². The minimum absolute atomic E-state index is 0.164. The Hall–Kier alpha value is -1.64. The largest absolute Gasteiger partial charge is 0.379 e. The molecule has 0 bridgehead atoms. The Kier molecular flexibility index (Phi) is 5.55. The molecule has 1 amide bonds. The van der Waals surface area contributed by atoms with Gasteiger partial charge in [0.25, 0.3) is 5.91 Å². The van der Waals surface area contributed by atoms with Crippen molar-refractivity contribution in [1.82, 2.24) is 10.2 Å². The van der Waals surface area contributed by atoms with E-state index in [1.54, 1.807) is 24.3 Å². The van der Waals surface area contributed by atoms with Crippen LogP contribution in [0.1, 0.15) is 30.6 Å². The SMILES string of the molecule is CC(C)(CNC(=O)c1cccc(N2CCCS2(=O)=O)c1)N1CCOCC1. The molecule has 2 heterocycles. The summed E-state index contributed by atoms with van der Waals surface area (Å²) in [4.78, 5) is 14.9. The molecule has 0 unspecified atom stereocenters. The number of hydrogen-bond donors (Lipinski definition) is 1. The lowest BCUT2D eigenvalue weighted by molar-refractivity contribution is -0.00923. The third kappa shape index (κ3) is 4.19. The summed E-state index contributed by atoms with van der Waals surface area (Å²) in [7, 11) is -3.25. The van der Waals surface area contributed by atoms with Gasteiger partial charge in [-0.3, -0.25) is 14.0 Å². The molecule has 2 saturated heterocycles. The monoisotopic (exact) mass is 381 g/mol. The summed E-state index contributed by atoms with van der Waals surface area (Å²) in [5.41, 5.74) is 0.861.